The van der Waals surface area contributed by atoms with Gasteiger partial charge in [-0.2, -0.15) is 11.8 Å². The second kappa shape index (κ2) is 6.74. The van der Waals surface area contributed by atoms with Crippen LogP contribution in [0.5, 0.6) is 0 Å². The summed E-state index contributed by atoms with van der Waals surface area (Å²) < 4.78 is 27.0. The van der Waals surface area contributed by atoms with E-state index in [4.69, 9.17) is 5.11 Å². The summed E-state index contributed by atoms with van der Waals surface area (Å²) in [6, 6.07) is -0.224. The molecule has 1 aromatic rings. The lowest BCUT2D eigenvalue weighted by molar-refractivity contribution is 0.0698. The highest BCUT2D eigenvalue weighted by molar-refractivity contribution is 7.98. The molecule has 0 radical (unpaired) electrons. The number of rotatable bonds is 7. The maximum atomic E-state index is 12.2. The lowest BCUT2D eigenvalue weighted by atomic mass is 10.3. The molecule has 0 aromatic carbocycles. The highest BCUT2D eigenvalue weighted by Gasteiger charge is 2.27. The summed E-state index contributed by atoms with van der Waals surface area (Å²) in [6.07, 6.45) is 2.65. The van der Waals surface area contributed by atoms with E-state index in [0.717, 1.165) is 17.1 Å². The van der Waals surface area contributed by atoms with E-state index in [1.54, 1.807) is 31.0 Å². The fourth-order valence-electron chi connectivity index (χ4n) is 1.59. The summed E-state index contributed by atoms with van der Waals surface area (Å²) in [5.41, 5.74) is 0.465. The van der Waals surface area contributed by atoms with Gasteiger partial charge in [0.1, 0.15) is 9.77 Å². The highest BCUT2D eigenvalue weighted by Crippen LogP contribution is 2.27. The summed E-state index contributed by atoms with van der Waals surface area (Å²) in [6.45, 7) is 3.37. The standard InChI is InChI=1S/C11H17NO4S3/c1-7-6-18-9(11(13)14)10(7)19(15,16)12-8(2)4-5-17-3/h6,8,12H,4-5H2,1-3H3,(H,13,14). The van der Waals surface area contributed by atoms with Gasteiger partial charge in [0.05, 0.1) is 0 Å². The van der Waals surface area contributed by atoms with Crippen molar-refractivity contribution in [3.63, 3.8) is 0 Å². The molecule has 0 aliphatic heterocycles. The minimum atomic E-state index is -3.78. The number of thiophene rings is 1. The first-order chi connectivity index (χ1) is 8.79. The number of sulfonamides is 1. The van der Waals surface area contributed by atoms with E-state index >= 15 is 0 Å². The molecule has 2 N–H and O–H groups in total. The van der Waals surface area contributed by atoms with Crippen molar-refractivity contribution >= 4 is 39.1 Å². The molecule has 19 heavy (non-hydrogen) atoms. The molecule has 1 rings (SSSR count). The summed E-state index contributed by atoms with van der Waals surface area (Å²) >= 11 is 2.57. The first-order valence-electron chi connectivity index (χ1n) is 5.62. The largest absolute Gasteiger partial charge is 0.477 e. The van der Waals surface area contributed by atoms with Crippen molar-refractivity contribution in [1.29, 1.82) is 0 Å². The Labute approximate surface area is 121 Å². The van der Waals surface area contributed by atoms with Gasteiger partial charge >= 0.3 is 5.97 Å². The van der Waals surface area contributed by atoms with Gasteiger partial charge in [-0.05, 0) is 43.2 Å². The Morgan fingerprint density at radius 2 is 2.21 bits per heavy atom. The number of thioether (sulfide) groups is 1. The monoisotopic (exact) mass is 323 g/mol. The van der Waals surface area contributed by atoms with Crippen LogP contribution in [0.2, 0.25) is 0 Å². The van der Waals surface area contributed by atoms with Crippen molar-refractivity contribution < 1.29 is 18.3 Å². The predicted octanol–water partition coefficient (Wildman–Crippen LogP) is 2.17. The van der Waals surface area contributed by atoms with Crippen molar-refractivity contribution in [3.8, 4) is 0 Å². The molecule has 8 heteroatoms. The Kier molecular flexibility index (Phi) is 5.84. The van der Waals surface area contributed by atoms with Crippen LogP contribution in [0.3, 0.4) is 0 Å². The molecule has 1 aromatic heterocycles. The van der Waals surface area contributed by atoms with E-state index in [1.807, 2.05) is 6.26 Å². The first kappa shape index (κ1) is 16.5. The van der Waals surface area contributed by atoms with Gasteiger partial charge in [-0.1, -0.05) is 0 Å². The molecule has 0 amide bonds. The van der Waals surface area contributed by atoms with Gasteiger partial charge in [0.2, 0.25) is 10.0 Å². The van der Waals surface area contributed by atoms with Crippen LogP contribution in [0, 0.1) is 6.92 Å². The molecule has 0 aliphatic carbocycles. The van der Waals surface area contributed by atoms with Gasteiger partial charge in [-0.3, -0.25) is 0 Å². The molecular weight excluding hydrogens is 306 g/mol. The SMILES string of the molecule is CSCCC(C)NS(=O)(=O)c1c(C)csc1C(=O)O. The van der Waals surface area contributed by atoms with Gasteiger partial charge in [-0.25, -0.2) is 17.9 Å². The van der Waals surface area contributed by atoms with Crippen LogP contribution in [0.25, 0.3) is 0 Å². The van der Waals surface area contributed by atoms with Gasteiger partial charge < -0.3 is 5.11 Å². The average Bonchev–Trinajstić information content (AvgIpc) is 2.68. The molecule has 0 saturated heterocycles. The molecule has 1 unspecified atom stereocenters. The van der Waals surface area contributed by atoms with E-state index < -0.39 is 16.0 Å². The fourth-order valence-corrected chi connectivity index (χ4v) is 5.09. The summed E-state index contributed by atoms with van der Waals surface area (Å²) in [5, 5.41) is 10.6. The third kappa shape index (κ3) is 4.20. The molecular formula is C11H17NO4S3. The lowest BCUT2D eigenvalue weighted by Crippen LogP contribution is -2.33. The Bertz CT molecular complexity index is 550. The van der Waals surface area contributed by atoms with E-state index in [2.05, 4.69) is 4.72 Å². The third-order valence-electron chi connectivity index (χ3n) is 2.49. The van der Waals surface area contributed by atoms with Crippen LogP contribution in [0.1, 0.15) is 28.6 Å². The number of carbonyl (C=O) groups is 1. The number of hydrogen-bond acceptors (Lipinski definition) is 5. The quantitative estimate of drug-likeness (QED) is 0.803. The van der Waals surface area contributed by atoms with Crippen LogP contribution < -0.4 is 4.72 Å². The van der Waals surface area contributed by atoms with E-state index in [-0.39, 0.29) is 15.8 Å². The molecule has 0 fully saturated rings. The Hall–Kier alpha value is -0.570. The van der Waals surface area contributed by atoms with Gasteiger partial charge in [0.25, 0.3) is 0 Å². The maximum Gasteiger partial charge on any atom is 0.347 e. The number of nitrogens with one attached hydrogen (secondary N) is 1. The highest BCUT2D eigenvalue weighted by atomic mass is 32.2. The van der Waals surface area contributed by atoms with Crippen LogP contribution in [0.4, 0.5) is 0 Å². The maximum absolute atomic E-state index is 12.2. The second-order valence-electron chi connectivity index (χ2n) is 4.19. The molecule has 108 valence electrons. The van der Waals surface area contributed by atoms with Crippen LogP contribution in [-0.2, 0) is 10.0 Å². The number of carboxylic acid groups (broad SMARTS) is 1. The van der Waals surface area contributed by atoms with Gasteiger partial charge in [0, 0.05) is 6.04 Å². The first-order valence-corrected chi connectivity index (χ1v) is 9.38. The molecule has 0 aliphatic rings. The van der Waals surface area contributed by atoms with Gasteiger partial charge in [-0.15, -0.1) is 11.3 Å². The normalized spacial score (nSPS) is 13.4. The van der Waals surface area contributed by atoms with E-state index in [1.165, 1.54) is 0 Å². The van der Waals surface area contributed by atoms with E-state index in [9.17, 15) is 13.2 Å². The second-order valence-corrected chi connectivity index (χ2v) is 7.70. The summed E-state index contributed by atoms with van der Waals surface area (Å²) in [4.78, 5) is 10.8. The summed E-state index contributed by atoms with van der Waals surface area (Å²) in [7, 11) is -3.78. The topological polar surface area (TPSA) is 83.5 Å². The van der Waals surface area contributed by atoms with Crippen LogP contribution >= 0.6 is 23.1 Å². The van der Waals surface area contributed by atoms with Crippen molar-refractivity contribution in [2.75, 3.05) is 12.0 Å². The molecule has 0 spiro atoms. The zero-order valence-corrected chi connectivity index (χ0v) is 13.4. The molecule has 1 atom stereocenters. The van der Waals surface area contributed by atoms with Gasteiger partial charge in [0.15, 0.2) is 0 Å². The summed E-state index contributed by atoms with van der Waals surface area (Å²) in [5.74, 6) is -0.367. The lowest BCUT2D eigenvalue weighted by Gasteiger charge is -2.14. The molecule has 0 bridgehead atoms. The minimum absolute atomic E-state index is 0.110. The number of aromatic carboxylic acids is 1. The zero-order chi connectivity index (χ0) is 14.6. The van der Waals surface area contributed by atoms with E-state index in [0.29, 0.717) is 12.0 Å². The predicted molar refractivity (Wildman–Crippen MR) is 78.8 cm³/mol. The van der Waals surface area contributed by atoms with Crippen LogP contribution in [-0.4, -0.2) is 37.5 Å². The molecule has 5 nitrogen and oxygen atoms in total. The van der Waals surface area contributed by atoms with Crippen LogP contribution in [0.15, 0.2) is 10.3 Å². The van der Waals surface area contributed by atoms with Crippen molar-refractivity contribution in [3.05, 3.63) is 15.8 Å². The zero-order valence-electron chi connectivity index (χ0n) is 11.0. The third-order valence-corrected chi connectivity index (χ3v) is 6.13. The number of hydrogen-bond donors (Lipinski definition) is 2. The van der Waals surface area contributed by atoms with Crippen molar-refractivity contribution in [1.82, 2.24) is 4.72 Å². The Morgan fingerprint density at radius 3 is 2.74 bits per heavy atom. The molecule has 1 heterocycles. The Morgan fingerprint density at radius 1 is 1.58 bits per heavy atom. The van der Waals surface area contributed by atoms with Crippen molar-refractivity contribution in [2.24, 2.45) is 0 Å². The van der Waals surface area contributed by atoms with Crippen molar-refractivity contribution in [2.45, 2.75) is 31.2 Å². The minimum Gasteiger partial charge on any atom is -0.477 e. The smallest absolute Gasteiger partial charge is 0.347 e. The number of aryl methyl sites for hydroxylation is 1. The fraction of sp³-hybridized carbons (Fsp3) is 0.545. The number of carboxylic acids is 1. The molecule has 0 saturated carbocycles. The Balaban J connectivity index is 3.01. The average molecular weight is 323 g/mol.